The number of ether oxygens (including phenoxy) is 1. The maximum Gasteiger partial charge on any atom is 0.230 e. The largest absolute Gasteiger partial charge is 0.496 e. The highest BCUT2D eigenvalue weighted by atomic mass is 16.5. The highest BCUT2D eigenvalue weighted by Crippen LogP contribution is 2.30. The Morgan fingerprint density at radius 3 is 2.78 bits per heavy atom. The molecule has 0 unspecified atom stereocenters. The standard InChI is InChI=1S/C14H11NO3/c1-17-10-6-5-9-13-8(10)3-2-4-11(13)18-12(7-15)14(9)16/h2-7H,15H2,1H3. The van der Waals surface area contributed by atoms with Gasteiger partial charge >= 0.3 is 0 Å². The maximum atomic E-state index is 12.1. The lowest BCUT2D eigenvalue weighted by atomic mass is 10.0. The molecule has 18 heavy (non-hydrogen) atoms. The van der Waals surface area contributed by atoms with Crippen molar-refractivity contribution in [3.05, 3.63) is 46.0 Å². The van der Waals surface area contributed by atoms with E-state index >= 15 is 0 Å². The monoisotopic (exact) mass is 241 g/mol. The molecule has 0 aliphatic rings. The van der Waals surface area contributed by atoms with Crippen LogP contribution in [0.4, 0.5) is 0 Å². The minimum Gasteiger partial charge on any atom is -0.496 e. The molecule has 3 aromatic rings. The molecule has 90 valence electrons. The van der Waals surface area contributed by atoms with E-state index in [0.717, 1.165) is 10.8 Å². The van der Waals surface area contributed by atoms with Crippen LogP contribution in [-0.4, -0.2) is 7.11 Å². The molecule has 4 nitrogen and oxygen atoms in total. The van der Waals surface area contributed by atoms with Crippen LogP contribution in [0.2, 0.25) is 0 Å². The van der Waals surface area contributed by atoms with Crippen LogP contribution in [0.15, 0.2) is 39.5 Å². The smallest absolute Gasteiger partial charge is 0.230 e. The molecule has 0 bridgehead atoms. The van der Waals surface area contributed by atoms with Crippen LogP contribution in [0.1, 0.15) is 0 Å². The SMILES string of the molecule is COc1ccc2c(=O)c(=CN)oc3cccc1c32. The lowest BCUT2D eigenvalue weighted by Gasteiger charge is -2.08. The fraction of sp³-hybridized carbons (Fsp3) is 0.0714. The third-order valence-electron chi connectivity index (χ3n) is 3.02. The molecule has 0 saturated heterocycles. The van der Waals surface area contributed by atoms with Gasteiger partial charge in [0.1, 0.15) is 11.3 Å². The molecule has 3 rings (SSSR count). The van der Waals surface area contributed by atoms with Crippen molar-refractivity contribution in [3.8, 4) is 5.75 Å². The lowest BCUT2D eigenvalue weighted by molar-refractivity contribution is 0.420. The van der Waals surface area contributed by atoms with Gasteiger partial charge < -0.3 is 14.9 Å². The molecule has 0 saturated carbocycles. The van der Waals surface area contributed by atoms with Gasteiger partial charge in [0.15, 0.2) is 5.42 Å². The van der Waals surface area contributed by atoms with E-state index in [1.807, 2.05) is 12.1 Å². The van der Waals surface area contributed by atoms with Crippen molar-refractivity contribution in [2.75, 3.05) is 7.11 Å². The zero-order valence-electron chi connectivity index (χ0n) is 9.77. The van der Waals surface area contributed by atoms with Gasteiger partial charge in [-0.25, -0.2) is 0 Å². The average Bonchev–Trinajstić information content (AvgIpc) is 2.42. The molecular weight excluding hydrogens is 230 g/mol. The van der Waals surface area contributed by atoms with Gasteiger partial charge in [-0.2, -0.15) is 0 Å². The Kier molecular flexibility index (Phi) is 2.23. The van der Waals surface area contributed by atoms with Crippen molar-refractivity contribution in [1.29, 1.82) is 0 Å². The fourth-order valence-electron chi connectivity index (χ4n) is 2.21. The summed E-state index contributed by atoms with van der Waals surface area (Å²) in [5.74, 6) is 0.715. The minimum atomic E-state index is -0.205. The Bertz CT molecular complexity index is 849. The van der Waals surface area contributed by atoms with Crippen molar-refractivity contribution in [3.63, 3.8) is 0 Å². The summed E-state index contributed by atoms with van der Waals surface area (Å²) in [5, 5.41) is 2.22. The molecule has 0 aliphatic heterocycles. The summed E-state index contributed by atoms with van der Waals surface area (Å²) >= 11 is 0. The van der Waals surface area contributed by atoms with Gasteiger partial charge in [0.05, 0.1) is 7.11 Å². The van der Waals surface area contributed by atoms with E-state index in [1.165, 1.54) is 6.20 Å². The third kappa shape index (κ3) is 1.29. The van der Waals surface area contributed by atoms with Crippen LogP contribution in [0.5, 0.6) is 5.75 Å². The lowest BCUT2D eigenvalue weighted by Crippen LogP contribution is -2.25. The first-order valence-corrected chi connectivity index (χ1v) is 5.50. The quantitative estimate of drug-likeness (QED) is 0.698. The van der Waals surface area contributed by atoms with E-state index in [9.17, 15) is 4.79 Å². The molecule has 1 heterocycles. The predicted octanol–water partition coefficient (Wildman–Crippen LogP) is 1.37. The van der Waals surface area contributed by atoms with Crippen molar-refractivity contribution in [1.82, 2.24) is 0 Å². The molecule has 0 amide bonds. The number of nitrogens with two attached hydrogens (primary N) is 1. The van der Waals surface area contributed by atoms with Crippen molar-refractivity contribution >= 4 is 27.9 Å². The van der Waals surface area contributed by atoms with E-state index in [4.69, 9.17) is 14.9 Å². The van der Waals surface area contributed by atoms with Crippen LogP contribution in [-0.2, 0) is 0 Å². The summed E-state index contributed by atoms with van der Waals surface area (Å²) in [7, 11) is 1.60. The van der Waals surface area contributed by atoms with Crippen LogP contribution < -0.4 is 21.3 Å². The number of hydrogen-bond acceptors (Lipinski definition) is 4. The molecule has 1 aromatic heterocycles. The number of rotatable bonds is 1. The number of methoxy groups -OCH3 is 1. The van der Waals surface area contributed by atoms with Crippen LogP contribution >= 0.6 is 0 Å². The predicted molar refractivity (Wildman–Crippen MR) is 70.4 cm³/mol. The first-order chi connectivity index (χ1) is 8.76. The zero-order chi connectivity index (χ0) is 12.7. The van der Waals surface area contributed by atoms with Gasteiger partial charge in [-0.15, -0.1) is 0 Å². The summed E-state index contributed by atoms with van der Waals surface area (Å²) in [6, 6.07) is 9.07. The molecule has 2 N–H and O–H groups in total. The first kappa shape index (κ1) is 10.7. The highest BCUT2D eigenvalue weighted by molar-refractivity contribution is 6.09. The molecule has 0 aliphatic carbocycles. The molecule has 0 spiro atoms. The van der Waals surface area contributed by atoms with E-state index in [2.05, 4.69) is 0 Å². The number of benzene rings is 2. The first-order valence-electron chi connectivity index (χ1n) is 5.50. The van der Waals surface area contributed by atoms with E-state index in [-0.39, 0.29) is 10.8 Å². The summed E-state index contributed by atoms with van der Waals surface area (Å²) in [4.78, 5) is 12.1. The summed E-state index contributed by atoms with van der Waals surface area (Å²) < 4.78 is 10.8. The molecule has 4 heteroatoms. The Labute approximate surface area is 102 Å². The van der Waals surface area contributed by atoms with Crippen molar-refractivity contribution < 1.29 is 9.15 Å². The van der Waals surface area contributed by atoms with Crippen LogP contribution in [0.25, 0.3) is 27.9 Å². The normalized spacial score (nSPS) is 12.4. The van der Waals surface area contributed by atoms with Crippen molar-refractivity contribution in [2.45, 2.75) is 0 Å². The Balaban J connectivity index is 2.69. The molecule has 0 atom stereocenters. The molecular formula is C14H11NO3. The van der Waals surface area contributed by atoms with E-state index < -0.39 is 0 Å². The topological polar surface area (TPSA) is 65.5 Å². The summed E-state index contributed by atoms with van der Waals surface area (Å²) in [6.07, 6.45) is 1.19. The van der Waals surface area contributed by atoms with Crippen molar-refractivity contribution in [2.24, 2.45) is 5.73 Å². The number of hydrogen-bond donors (Lipinski definition) is 1. The Morgan fingerprint density at radius 1 is 1.22 bits per heavy atom. The minimum absolute atomic E-state index is 0.153. The zero-order valence-corrected chi connectivity index (χ0v) is 9.77. The van der Waals surface area contributed by atoms with Gasteiger partial charge in [0, 0.05) is 22.4 Å². The Hall–Kier alpha value is -2.49. The third-order valence-corrected chi connectivity index (χ3v) is 3.02. The van der Waals surface area contributed by atoms with E-state index in [1.54, 1.807) is 25.3 Å². The molecule has 2 aromatic carbocycles. The Morgan fingerprint density at radius 2 is 2.06 bits per heavy atom. The maximum absolute atomic E-state index is 12.1. The molecule has 0 radical (unpaired) electrons. The fourth-order valence-corrected chi connectivity index (χ4v) is 2.21. The second kappa shape index (κ2) is 3.77. The highest BCUT2D eigenvalue weighted by Gasteiger charge is 2.11. The summed E-state index contributed by atoms with van der Waals surface area (Å²) in [6.45, 7) is 0. The second-order valence-electron chi connectivity index (χ2n) is 3.96. The van der Waals surface area contributed by atoms with Crippen LogP contribution in [0.3, 0.4) is 0 Å². The molecule has 0 fully saturated rings. The van der Waals surface area contributed by atoms with Crippen LogP contribution in [0, 0.1) is 0 Å². The van der Waals surface area contributed by atoms with Gasteiger partial charge in [-0.3, -0.25) is 4.79 Å². The van der Waals surface area contributed by atoms with Gasteiger partial charge in [0.2, 0.25) is 5.43 Å². The van der Waals surface area contributed by atoms with Gasteiger partial charge in [-0.05, 0) is 18.2 Å². The summed E-state index contributed by atoms with van der Waals surface area (Å²) in [5.41, 5.74) is 5.97. The van der Waals surface area contributed by atoms with E-state index in [0.29, 0.717) is 16.7 Å². The van der Waals surface area contributed by atoms with Gasteiger partial charge in [0.25, 0.3) is 0 Å². The average molecular weight is 241 g/mol. The second-order valence-corrected chi connectivity index (χ2v) is 3.96. The van der Waals surface area contributed by atoms with Gasteiger partial charge in [-0.1, -0.05) is 12.1 Å².